The molecule has 1 amide bonds. The van der Waals surface area contributed by atoms with Crippen molar-refractivity contribution >= 4 is 29.0 Å². The van der Waals surface area contributed by atoms with E-state index in [4.69, 9.17) is 17.3 Å². The smallest absolute Gasteiger partial charge is 0.261 e. The normalized spacial score (nSPS) is 25.0. The minimum Gasteiger partial charge on any atom is -0.383 e. The lowest BCUT2D eigenvalue weighted by Crippen LogP contribution is -2.16. The van der Waals surface area contributed by atoms with Gasteiger partial charge in [0, 0.05) is 24.8 Å². The van der Waals surface area contributed by atoms with E-state index in [9.17, 15) is 9.18 Å². The summed E-state index contributed by atoms with van der Waals surface area (Å²) in [4.78, 5) is 13.1. The van der Waals surface area contributed by atoms with Crippen LogP contribution in [-0.2, 0) is 7.05 Å². The highest BCUT2D eigenvalue weighted by Crippen LogP contribution is 2.55. The molecule has 2 aromatic heterocycles. The zero-order chi connectivity index (χ0) is 21.7. The second-order valence-corrected chi connectivity index (χ2v) is 9.15. The van der Waals surface area contributed by atoms with Crippen molar-refractivity contribution in [2.24, 2.45) is 18.9 Å². The molecule has 2 atom stereocenters. The number of fused-ring (bicyclic) bond motifs is 1. The fraction of sp³-hybridized carbons (Fsp3) is 0.409. The Kier molecular flexibility index (Phi) is 4.97. The maximum atomic E-state index is 13.4. The van der Waals surface area contributed by atoms with Gasteiger partial charge in [0.2, 0.25) is 0 Å². The van der Waals surface area contributed by atoms with E-state index in [1.165, 1.54) is 23.8 Å². The second kappa shape index (κ2) is 7.67. The minimum absolute atomic E-state index is 0.0482. The van der Waals surface area contributed by atoms with Crippen molar-refractivity contribution in [2.45, 2.75) is 37.5 Å². The van der Waals surface area contributed by atoms with E-state index in [-0.39, 0.29) is 16.8 Å². The van der Waals surface area contributed by atoms with Crippen molar-refractivity contribution in [3.63, 3.8) is 0 Å². The van der Waals surface area contributed by atoms with Crippen molar-refractivity contribution in [2.75, 3.05) is 11.1 Å². The Morgan fingerprint density at radius 1 is 1.26 bits per heavy atom. The summed E-state index contributed by atoms with van der Waals surface area (Å²) in [5.74, 6) is 1.41. The number of anilines is 2. The van der Waals surface area contributed by atoms with Crippen LogP contribution in [0.4, 0.5) is 15.9 Å². The number of aryl methyl sites for hydroxylation is 1. The van der Waals surface area contributed by atoms with Gasteiger partial charge in [-0.1, -0.05) is 11.6 Å². The number of nitrogens with zero attached hydrogens (tertiary/aromatic N) is 3. The van der Waals surface area contributed by atoms with Gasteiger partial charge in [0.15, 0.2) is 0 Å². The number of nitrogens with one attached hydrogen (secondary N) is 2. The molecule has 2 unspecified atom stereocenters. The molecule has 5 rings (SSSR count). The Bertz CT molecular complexity index is 1110. The average molecular weight is 443 g/mol. The molecule has 0 aliphatic heterocycles. The zero-order valence-corrected chi connectivity index (χ0v) is 17.9. The van der Waals surface area contributed by atoms with Crippen LogP contribution in [0.15, 0.2) is 30.6 Å². The monoisotopic (exact) mass is 442 g/mol. The van der Waals surface area contributed by atoms with Gasteiger partial charge in [-0.05, 0) is 67.2 Å². The van der Waals surface area contributed by atoms with Crippen LogP contribution in [0.2, 0.25) is 5.02 Å². The standard InChI is InChI=1S/C22H24ClFN6O/c1-30-21(25)19(22(31)28-16-2-3-18(24)17(23)8-16)20(29-30)14-6-11-4-13(5-12(11)7-14)15-9-26-27-10-15/h2-3,8-14H,4-7,25H2,1H3,(H,26,27)(H,28,31). The Morgan fingerprint density at radius 3 is 2.61 bits per heavy atom. The number of nitrogen functional groups attached to an aromatic ring is 1. The maximum Gasteiger partial charge on any atom is 0.261 e. The van der Waals surface area contributed by atoms with Crippen LogP contribution in [0.5, 0.6) is 0 Å². The first-order valence-electron chi connectivity index (χ1n) is 10.5. The van der Waals surface area contributed by atoms with Crippen LogP contribution < -0.4 is 11.1 Å². The van der Waals surface area contributed by atoms with Crippen molar-refractivity contribution in [1.82, 2.24) is 20.0 Å². The lowest BCUT2D eigenvalue weighted by molar-refractivity contribution is 0.102. The van der Waals surface area contributed by atoms with Gasteiger partial charge in [-0.15, -0.1) is 0 Å². The molecule has 7 nitrogen and oxygen atoms in total. The SMILES string of the molecule is Cn1nc(C2CC3CC(c4cn[nH]c4)CC3C2)c(C(=O)Nc2ccc(F)c(Cl)c2)c1N. The maximum absolute atomic E-state index is 13.4. The van der Waals surface area contributed by atoms with Crippen molar-refractivity contribution in [3.8, 4) is 0 Å². The number of hydrogen-bond acceptors (Lipinski definition) is 4. The Hall–Kier alpha value is -2.87. The number of carbonyl (C=O) groups excluding carboxylic acids is 1. The predicted octanol–water partition coefficient (Wildman–Crippen LogP) is 4.46. The fourth-order valence-electron chi connectivity index (χ4n) is 5.44. The number of H-pyrrole nitrogens is 1. The lowest BCUT2D eigenvalue weighted by Gasteiger charge is -2.14. The Balaban J connectivity index is 1.35. The molecular weight excluding hydrogens is 419 g/mol. The number of rotatable bonds is 4. The number of aromatic amines is 1. The van der Waals surface area contributed by atoms with Crippen LogP contribution in [0.25, 0.3) is 0 Å². The molecule has 31 heavy (non-hydrogen) atoms. The van der Waals surface area contributed by atoms with Crippen LogP contribution in [0.3, 0.4) is 0 Å². The van der Waals surface area contributed by atoms with Gasteiger partial charge in [-0.2, -0.15) is 10.2 Å². The lowest BCUT2D eigenvalue weighted by atomic mass is 9.91. The fourth-order valence-corrected chi connectivity index (χ4v) is 5.62. The molecule has 2 aliphatic rings. The Morgan fingerprint density at radius 2 is 1.97 bits per heavy atom. The van der Waals surface area contributed by atoms with Gasteiger partial charge in [0.1, 0.15) is 17.2 Å². The van der Waals surface area contributed by atoms with E-state index in [1.807, 2.05) is 12.4 Å². The minimum atomic E-state index is -0.535. The molecule has 4 N–H and O–H groups in total. The van der Waals surface area contributed by atoms with E-state index in [1.54, 1.807) is 11.7 Å². The van der Waals surface area contributed by atoms with E-state index < -0.39 is 5.82 Å². The van der Waals surface area contributed by atoms with Crippen LogP contribution in [0.1, 0.15) is 59.1 Å². The van der Waals surface area contributed by atoms with Crippen LogP contribution in [0, 0.1) is 17.7 Å². The Labute approximate surface area is 184 Å². The highest BCUT2D eigenvalue weighted by Gasteiger charge is 2.44. The molecule has 9 heteroatoms. The summed E-state index contributed by atoms with van der Waals surface area (Å²) in [6.07, 6.45) is 8.19. The molecule has 0 spiro atoms. The van der Waals surface area contributed by atoms with E-state index in [2.05, 4.69) is 20.6 Å². The van der Waals surface area contributed by atoms with Crippen molar-refractivity contribution < 1.29 is 9.18 Å². The average Bonchev–Trinajstić information content (AvgIpc) is 3.48. The third-order valence-electron chi connectivity index (χ3n) is 6.92. The summed E-state index contributed by atoms with van der Waals surface area (Å²) in [6.45, 7) is 0. The van der Waals surface area contributed by atoms with Gasteiger partial charge in [0.25, 0.3) is 5.91 Å². The third-order valence-corrected chi connectivity index (χ3v) is 7.21. The quantitative estimate of drug-likeness (QED) is 0.555. The summed E-state index contributed by atoms with van der Waals surface area (Å²) in [6, 6.07) is 4.08. The summed E-state index contributed by atoms with van der Waals surface area (Å²) >= 11 is 5.84. The van der Waals surface area contributed by atoms with Crippen molar-refractivity contribution in [3.05, 3.63) is 58.3 Å². The largest absolute Gasteiger partial charge is 0.383 e. The zero-order valence-electron chi connectivity index (χ0n) is 17.1. The molecule has 1 aromatic carbocycles. The number of benzene rings is 1. The molecule has 2 aliphatic carbocycles. The molecule has 2 heterocycles. The highest BCUT2D eigenvalue weighted by atomic mass is 35.5. The van der Waals surface area contributed by atoms with Gasteiger partial charge in [0.05, 0.1) is 16.9 Å². The molecular formula is C22H24ClFN6O. The molecule has 0 bridgehead atoms. The molecule has 2 saturated carbocycles. The first-order chi connectivity index (χ1) is 14.9. The summed E-state index contributed by atoms with van der Waals surface area (Å²) in [7, 11) is 1.75. The van der Waals surface area contributed by atoms with E-state index in [0.29, 0.717) is 34.8 Å². The van der Waals surface area contributed by atoms with E-state index in [0.717, 1.165) is 31.4 Å². The molecule has 0 radical (unpaired) electrons. The number of hydrogen-bond donors (Lipinski definition) is 3. The number of halogens is 2. The van der Waals surface area contributed by atoms with Gasteiger partial charge < -0.3 is 11.1 Å². The number of nitrogens with two attached hydrogens (primary N) is 1. The molecule has 2 fully saturated rings. The number of aromatic nitrogens is 4. The highest BCUT2D eigenvalue weighted by molar-refractivity contribution is 6.31. The first-order valence-corrected chi connectivity index (χ1v) is 10.9. The first kappa shape index (κ1) is 20.1. The van der Waals surface area contributed by atoms with Crippen LogP contribution >= 0.6 is 11.6 Å². The van der Waals surface area contributed by atoms with Gasteiger partial charge >= 0.3 is 0 Å². The van der Waals surface area contributed by atoms with Gasteiger partial charge in [-0.25, -0.2) is 4.39 Å². The summed E-state index contributed by atoms with van der Waals surface area (Å²) < 4.78 is 15.0. The number of amides is 1. The van der Waals surface area contributed by atoms with Crippen LogP contribution in [-0.4, -0.2) is 25.9 Å². The topological polar surface area (TPSA) is 102 Å². The molecule has 0 saturated heterocycles. The van der Waals surface area contributed by atoms with Gasteiger partial charge in [-0.3, -0.25) is 14.6 Å². The predicted molar refractivity (Wildman–Crippen MR) is 117 cm³/mol. The number of carbonyl (C=O) groups is 1. The van der Waals surface area contributed by atoms with Crippen molar-refractivity contribution in [1.29, 1.82) is 0 Å². The van der Waals surface area contributed by atoms with E-state index >= 15 is 0 Å². The summed E-state index contributed by atoms with van der Waals surface area (Å²) in [5, 5.41) is 14.3. The third kappa shape index (κ3) is 3.59. The molecule has 162 valence electrons. The summed E-state index contributed by atoms with van der Waals surface area (Å²) in [5.41, 5.74) is 9.07. The molecule has 3 aromatic rings. The second-order valence-electron chi connectivity index (χ2n) is 8.74.